The van der Waals surface area contributed by atoms with Crippen molar-refractivity contribution in [1.82, 2.24) is 4.90 Å². The Morgan fingerprint density at radius 1 is 1.19 bits per heavy atom. The van der Waals surface area contributed by atoms with Crippen molar-refractivity contribution in [2.45, 2.75) is 6.61 Å². The minimum absolute atomic E-state index is 0.207. The smallest absolute Gasteiger partial charge is 0.266 e. The normalized spacial score (nSPS) is 15.4. The van der Waals surface area contributed by atoms with E-state index in [1.807, 2.05) is 24.3 Å². The number of hydrogen-bond acceptors (Lipinski definition) is 6. The number of aliphatic carboxylic acids is 1. The van der Waals surface area contributed by atoms with E-state index in [2.05, 4.69) is 0 Å². The number of ether oxygens (including phenoxy) is 1. The van der Waals surface area contributed by atoms with Crippen LogP contribution in [0.3, 0.4) is 0 Å². The van der Waals surface area contributed by atoms with Crippen LogP contribution >= 0.6 is 35.6 Å². The van der Waals surface area contributed by atoms with Crippen molar-refractivity contribution in [2.24, 2.45) is 0 Å². The second-order valence-electron chi connectivity index (χ2n) is 5.62. The lowest BCUT2D eigenvalue weighted by atomic mass is 10.2. The van der Waals surface area contributed by atoms with E-state index in [9.17, 15) is 14.7 Å². The lowest BCUT2D eigenvalue weighted by molar-refractivity contribution is -0.305. The van der Waals surface area contributed by atoms with Crippen LogP contribution < -0.4 is 9.84 Å². The minimum atomic E-state index is -1.35. The molecule has 0 bridgehead atoms. The van der Waals surface area contributed by atoms with Crippen molar-refractivity contribution in [3.05, 3.63) is 69.6 Å². The number of thioether (sulfide) groups is 1. The molecular formula is C19H13ClNO4S2-. The number of benzene rings is 2. The van der Waals surface area contributed by atoms with E-state index in [-0.39, 0.29) is 4.32 Å². The third-order valence-corrected chi connectivity index (χ3v) is 5.29. The Morgan fingerprint density at radius 3 is 2.48 bits per heavy atom. The standard InChI is InChI=1S/C19H14ClNO4S2/c20-14-5-1-13(2-6-14)11-25-15-7-3-12(4-8-15)9-16-18(24)21(10-17(22)23)19(26)27-16/h1-9H,10-11H2,(H,22,23)/p-1/b16-9-. The molecule has 0 aliphatic carbocycles. The number of carbonyl (C=O) groups is 2. The van der Waals surface area contributed by atoms with Gasteiger partial charge in [-0.3, -0.25) is 9.69 Å². The summed E-state index contributed by atoms with van der Waals surface area (Å²) in [7, 11) is 0. The highest BCUT2D eigenvalue weighted by Gasteiger charge is 2.31. The van der Waals surface area contributed by atoms with E-state index in [1.54, 1.807) is 30.3 Å². The van der Waals surface area contributed by atoms with E-state index < -0.39 is 18.4 Å². The zero-order valence-electron chi connectivity index (χ0n) is 13.9. The van der Waals surface area contributed by atoms with Crippen LogP contribution in [0.5, 0.6) is 5.75 Å². The second-order valence-corrected chi connectivity index (χ2v) is 7.74. The molecule has 1 aliphatic heterocycles. The zero-order valence-corrected chi connectivity index (χ0v) is 16.3. The molecule has 1 saturated heterocycles. The van der Waals surface area contributed by atoms with Crippen LogP contribution in [-0.4, -0.2) is 27.6 Å². The zero-order chi connectivity index (χ0) is 19.4. The number of hydrogen-bond donors (Lipinski definition) is 0. The van der Waals surface area contributed by atoms with Gasteiger partial charge in [0.1, 0.15) is 16.7 Å². The molecular weight excluding hydrogens is 406 g/mol. The van der Waals surface area contributed by atoms with Crippen LogP contribution in [0.1, 0.15) is 11.1 Å². The molecule has 8 heteroatoms. The Labute approximate surface area is 170 Å². The first-order chi connectivity index (χ1) is 12.9. The van der Waals surface area contributed by atoms with Crippen LogP contribution in [0, 0.1) is 0 Å². The predicted molar refractivity (Wildman–Crippen MR) is 107 cm³/mol. The first-order valence-corrected chi connectivity index (χ1v) is 9.45. The maximum absolute atomic E-state index is 12.2. The number of rotatable bonds is 6. The van der Waals surface area contributed by atoms with E-state index in [0.29, 0.717) is 22.3 Å². The molecule has 0 N–H and O–H groups in total. The SMILES string of the molecule is O=C([O-])CN1C(=O)/C(=C/c2ccc(OCc3ccc(Cl)cc3)cc2)SC1=S. The molecule has 1 amide bonds. The molecule has 5 nitrogen and oxygen atoms in total. The number of halogens is 1. The fourth-order valence-corrected chi connectivity index (χ4v) is 3.71. The number of carboxylic acid groups (broad SMARTS) is 1. The maximum Gasteiger partial charge on any atom is 0.266 e. The van der Waals surface area contributed by atoms with Gasteiger partial charge in [-0.05, 0) is 41.5 Å². The molecule has 0 aromatic heterocycles. The van der Waals surface area contributed by atoms with Crippen LogP contribution in [0.4, 0.5) is 0 Å². The van der Waals surface area contributed by atoms with Gasteiger partial charge < -0.3 is 14.6 Å². The Balaban J connectivity index is 1.64. The summed E-state index contributed by atoms with van der Waals surface area (Å²) in [6.07, 6.45) is 1.66. The molecule has 1 fully saturated rings. The van der Waals surface area contributed by atoms with Crippen molar-refractivity contribution in [2.75, 3.05) is 6.54 Å². The van der Waals surface area contributed by atoms with E-state index >= 15 is 0 Å². The molecule has 138 valence electrons. The molecule has 0 radical (unpaired) electrons. The van der Waals surface area contributed by atoms with Crippen molar-refractivity contribution in [3.63, 3.8) is 0 Å². The van der Waals surface area contributed by atoms with Gasteiger partial charge in [0.15, 0.2) is 0 Å². The topological polar surface area (TPSA) is 69.7 Å². The summed E-state index contributed by atoms with van der Waals surface area (Å²) in [5.74, 6) is -1.10. The van der Waals surface area contributed by atoms with Crippen LogP contribution in [0.2, 0.25) is 5.02 Å². The average molecular weight is 419 g/mol. The van der Waals surface area contributed by atoms with Gasteiger partial charge in [-0.25, -0.2) is 0 Å². The van der Waals surface area contributed by atoms with Crippen molar-refractivity contribution < 1.29 is 19.4 Å². The number of nitrogens with zero attached hydrogens (tertiary/aromatic N) is 1. The van der Waals surface area contributed by atoms with Crippen LogP contribution in [0.15, 0.2) is 53.4 Å². The highest BCUT2D eigenvalue weighted by Crippen LogP contribution is 2.32. The molecule has 27 heavy (non-hydrogen) atoms. The lowest BCUT2D eigenvalue weighted by Gasteiger charge is -2.14. The predicted octanol–water partition coefficient (Wildman–Crippen LogP) is 2.87. The summed E-state index contributed by atoms with van der Waals surface area (Å²) in [4.78, 5) is 24.3. The van der Waals surface area contributed by atoms with Gasteiger partial charge in [0, 0.05) is 5.02 Å². The highest BCUT2D eigenvalue weighted by molar-refractivity contribution is 8.26. The van der Waals surface area contributed by atoms with Crippen LogP contribution in [-0.2, 0) is 16.2 Å². The maximum atomic E-state index is 12.2. The molecule has 1 aliphatic rings. The quantitative estimate of drug-likeness (QED) is 0.530. The molecule has 0 spiro atoms. The molecule has 2 aromatic carbocycles. The molecule has 0 atom stereocenters. The third-order valence-electron chi connectivity index (χ3n) is 3.66. The Morgan fingerprint density at radius 2 is 1.85 bits per heavy atom. The monoisotopic (exact) mass is 418 g/mol. The molecule has 0 saturated carbocycles. The van der Waals surface area contributed by atoms with Crippen molar-refractivity contribution in [3.8, 4) is 5.75 Å². The van der Waals surface area contributed by atoms with Gasteiger partial charge in [0.2, 0.25) is 0 Å². The van der Waals surface area contributed by atoms with Crippen molar-refractivity contribution >= 4 is 57.9 Å². The molecule has 1 heterocycles. The fraction of sp³-hybridized carbons (Fsp3) is 0.105. The van der Waals surface area contributed by atoms with Gasteiger partial charge in [-0.2, -0.15) is 0 Å². The van der Waals surface area contributed by atoms with E-state index in [0.717, 1.165) is 27.8 Å². The summed E-state index contributed by atoms with van der Waals surface area (Å²) in [6.45, 7) is -0.127. The number of thiocarbonyl (C=S) groups is 1. The Kier molecular flexibility index (Phi) is 6.15. The van der Waals surface area contributed by atoms with E-state index in [4.69, 9.17) is 28.6 Å². The second kappa shape index (κ2) is 8.56. The number of amides is 1. The van der Waals surface area contributed by atoms with Crippen molar-refractivity contribution in [1.29, 1.82) is 0 Å². The molecule has 2 aromatic rings. The molecule has 3 rings (SSSR count). The first-order valence-electron chi connectivity index (χ1n) is 7.85. The lowest BCUT2D eigenvalue weighted by Crippen LogP contribution is -2.40. The summed E-state index contributed by atoms with van der Waals surface area (Å²) >= 11 is 12.0. The Hall–Kier alpha value is -2.35. The number of carboxylic acids is 1. The largest absolute Gasteiger partial charge is 0.548 e. The first kappa shape index (κ1) is 19.4. The summed E-state index contributed by atoms with van der Waals surface area (Å²) in [5, 5.41) is 11.4. The van der Waals surface area contributed by atoms with Gasteiger partial charge in [-0.15, -0.1) is 0 Å². The van der Waals surface area contributed by atoms with Gasteiger partial charge in [0.25, 0.3) is 5.91 Å². The van der Waals surface area contributed by atoms with Gasteiger partial charge in [-0.1, -0.05) is 59.8 Å². The van der Waals surface area contributed by atoms with E-state index in [1.165, 1.54) is 0 Å². The average Bonchev–Trinajstić information content (AvgIpc) is 2.89. The Bertz CT molecular complexity index is 910. The summed E-state index contributed by atoms with van der Waals surface area (Å²) in [5.41, 5.74) is 1.78. The highest BCUT2D eigenvalue weighted by atomic mass is 35.5. The van der Waals surface area contributed by atoms with Gasteiger partial charge >= 0.3 is 0 Å². The van der Waals surface area contributed by atoms with Gasteiger partial charge in [0.05, 0.1) is 17.4 Å². The third kappa shape index (κ3) is 5.09. The summed E-state index contributed by atoms with van der Waals surface area (Å²) < 4.78 is 5.93. The number of carbonyl (C=O) groups excluding carboxylic acids is 2. The summed E-state index contributed by atoms with van der Waals surface area (Å²) in [6, 6.07) is 14.6. The minimum Gasteiger partial charge on any atom is -0.548 e. The van der Waals surface area contributed by atoms with Crippen LogP contribution in [0.25, 0.3) is 6.08 Å². The molecule has 0 unspecified atom stereocenters. The fourth-order valence-electron chi connectivity index (χ4n) is 2.32.